The molecule has 0 radical (unpaired) electrons. The number of esters is 1. The molecule has 0 aliphatic carbocycles. The van der Waals surface area contributed by atoms with E-state index in [-0.39, 0.29) is 49.7 Å². The van der Waals surface area contributed by atoms with Gasteiger partial charge in [-0.15, -0.1) is 5.10 Å². The van der Waals surface area contributed by atoms with Crippen molar-refractivity contribution in [2.75, 3.05) is 45.7 Å². The van der Waals surface area contributed by atoms with E-state index in [1.165, 1.54) is 31.1 Å². The van der Waals surface area contributed by atoms with Gasteiger partial charge in [0.05, 0.1) is 71.6 Å². The number of hydrogen-bond donors (Lipinski definition) is 5. The highest BCUT2D eigenvalue weighted by molar-refractivity contribution is 5.89. The molecule has 18 atom stereocenters. The van der Waals surface area contributed by atoms with Gasteiger partial charge in [-0.25, -0.2) is 13.9 Å². The first-order chi connectivity index (χ1) is 33.8. The fourth-order valence-electron chi connectivity index (χ4n) is 11.5. The first-order valence-corrected chi connectivity index (χ1v) is 25.4. The number of amides is 1. The molecule has 21 heteroatoms. The predicted octanol–water partition coefficient (Wildman–Crippen LogP) is 3.17. The van der Waals surface area contributed by atoms with E-state index in [1.807, 2.05) is 37.7 Å². The highest BCUT2D eigenvalue weighted by Crippen LogP contribution is 2.45. The molecule has 1 amide bonds. The molecule has 404 valence electrons. The van der Waals surface area contributed by atoms with Crippen molar-refractivity contribution < 1.29 is 67.9 Å². The summed E-state index contributed by atoms with van der Waals surface area (Å²) in [5.41, 5.74) is -3.70. The molecule has 4 aliphatic rings. The number of nitrogens with zero attached hydrogens (tertiary/aromatic N) is 7. The maximum Gasteiger partial charge on any atom is 0.414 e. The van der Waals surface area contributed by atoms with Crippen LogP contribution >= 0.6 is 0 Å². The Morgan fingerprint density at radius 3 is 2.40 bits per heavy atom. The van der Waals surface area contributed by atoms with Crippen LogP contribution in [0.2, 0.25) is 0 Å². The highest BCUT2D eigenvalue weighted by atomic mass is 19.1. The van der Waals surface area contributed by atoms with Crippen molar-refractivity contribution in [3.8, 4) is 6.07 Å². The Balaban J connectivity index is 1.22. The molecule has 4 saturated heterocycles. The summed E-state index contributed by atoms with van der Waals surface area (Å²) in [6.07, 6.45) is -6.31. The number of carbonyl (C=O) groups excluding carboxylic acids is 2. The van der Waals surface area contributed by atoms with Crippen molar-refractivity contribution in [2.24, 2.45) is 17.8 Å². The number of carbonyl (C=O) groups is 2. The maximum absolute atomic E-state index is 14.6. The number of hydrogen-bond acceptors (Lipinski definition) is 18. The van der Waals surface area contributed by atoms with Gasteiger partial charge >= 0.3 is 12.1 Å². The molecule has 1 aromatic carbocycles. The van der Waals surface area contributed by atoms with Crippen LogP contribution in [-0.2, 0) is 46.2 Å². The lowest BCUT2D eigenvalue weighted by Gasteiger charge is -2.51. The Morgan fingerprint density at radius 2 is 1.75 bits per heavy atom. The third-order valence-corrected chi connectivity index (χ3v) is 16.3. The quantitative estimate of drug-likeness (QED) is 0.191. The molecular weight excluding hydrogens is 938 g/mol. The van der Waals surface area contributed by atoms with Gasteiger partial charge in [0, 0.05) is 50.7 Å². The number of anilines is 1. The van der Waals surface area contributed by atoms with Crippen molar-refractivity contribution >= 4 is 17.7 Å². The zero-order valence-corrected chi connectivity index (χ0v) is 44.1. The molecule has 0 spiro atoms. The Labute approximate surface area is 423 Å². The second kappa shape index (κ2) is 23.3. The topological polar surface area (TPSA) is 255 Å². The van der Waals surface area contributed by atoms with Crippen LogP contribution in [0.3, 0.4) is 0 Å². The lowest BCUT2D eigenvalue weighted by atomic mass is 9.69. The molecule has 0 bridgehead atoms. The Bertz CT molecular complexity index is 2200. The highest BCUT2D eigenvalue weighted by Gasteiger charge is 2.55. The number of nitriles is 1. The summed E-state index contributed by atoms with van der Waals surface area (Å²) >= 11 is 0. The number of aliphatic hydroxyl groups is 5. The third-order valence-electron chi connectivity index (χ3n) is 16.3. The number of aliphatic hydroxyl groups excluding tert-OH is 3. The van der Waals surface area contributed by atoms with Crippen LogP contribution < -0.4 is 4.90 Å². The van der Waals surface area contributed by atoms with Crippen molar-refractivity contribution in [2.45, 2.75) is 197 Å². The average molecular weight is 1020 g/mol. The van der Waals surface area contributed by atoms with Gasteiger partial charge in [-0.05, 0) is 112 Å². The van der Waals surface area contributed by atoms with Crippen molar-refractivity contribution in [3.63, 3.8) is 0 Å². The molecule has 4 aliphatic heterocycles. The van der Waals surface area contributed by atoms with Crippen LogP contribution in [0.4, 0.5) is 14.9 Å². The molecule has 5 N–H and O–H groups in total. The van der Waals surface area contributed by atoms with Crippen LogP contribution in [0.25, 0.3) is 0 Å². The van der Waals surface area contributed by atoms with Gasteiger partial charge in [-0.1, -0.05) is 26.0 Å². The monoisotopic (exact) mass is 1020 g/mol. The van der Waals surface area contributed by atoms with E-state index in [9.17, 15) is 39.5 Å². The number of rotatable bonds is 12. The first-order valence-electron chi connectivity index (χ1n) is 25.4. The summed E-state index contributed by atoms with van der Waals surface area (Å²) in [5.74, 6) is -3.79. The molecule has 20 nitrogen and oxygen atoms in total. The standard InChI is InChI=1S/C51H80FN7O13/c1-13-40-51(9,66)43(61)31(5)56(10)19-14-18-49(7,65)45(29(3)41(30(4)46(63)71-40)39-23-50(8,67-12)44(62)32(6)69-39)72-47-42(60)38(21-28(2)68-47)57(11)20-17-34-25-58(55-54-34)26-36-27-59(48(64)70-36)35-16-15-33(24-53)37(52)22-35/h15-16,22,25,28-32,36,38-45,47,60-62,65-66H,13-14,17-21,23,26-27H2,1-12H3/t28-,29+,30-,31-,32+,36+,38+,39?,40-,41+,42-,43-,44+,45-,47+,49-,50-,51-/m1/s1. The molecular formula is C51H80FN7O13. The van der Waals surface area contributed by atoms with Crippen molar-refractivity contribution in [1.29, 1.82) is 5.26 Å². The fraction of sp³-hybridized carbons (Fsp3) is 0.784. The third kappa shape index (κ3) is 12.4. The summed E-state index contributed by atoms with van der Waals surface area (Å²) in [4.78, 5) is 32.5. The molecule has 5 heterocycles. The molecule has 6 rings (SSSR count). The average Bonchev–Trinajstić information content (AvgIpc) is 3.95. The maximum atomic E-state index is 14.6. The minimum Gasteiger partial charge on any atom is -0.459 e. The summed E-state index contributed by atoms with van der Waals surface area (Å²) in [5, 5.41) is 77.3. The van der Waals surface area contributed by atoms with E-state index in [4.69, 9.17) is 33.7 Å². The first kappa shape index (κ1) is 57.4. The minimum absolute atomic E-state index is 0.127. The zero-order chi connectivity index (χ0) is 53.2. The van der Waals surface area contributed by atoms with E-state index in [0.29, 0.717) is 38.0 Å². The summed E-state index contributed by atoms with van der Waals surface area (Å²) < 4.78 is 53.4. The summed E-state index contributed by atoms with van der Waals surface area (Å²) in [7, 11) is 5.22. The van der Waals surface area contributed by atoms with Crippen molar-refractivity contribution in [3.05, 3.63) is 41.5 Å². The smallest absolute Gasteiger partial charge is 0.414 e. The minimum atomic E-state index is -1.82. The van der Waals surface area contributed by atoms with E-state index in [1.54, 1.807) is 58.5 Å². The fourth-order valence-corrected chi connectivity index (χ4v) is 11.5. The van der Waals surface area contributed by atoms with Crippen LogP contribution in [0.1, 0.15) is 106 Å². The number of aromatic nitrogens is 3. The number of benzene rings is 1. The lowest BCUT2D eigenvalue weighted by Crippen LogP contribution is -2.62. The molecule has 72 heavy (non-hydrogen) atoms. The second-order valence-corrected chi connectivity index (χ2v) is 21.7. The second-order valence-electron chi connectivity index (χ2n) is 21.7. The van der Waals surface area contributed by atoms with Gasteiger partial charge in [0.15, 0.2) is 6.29 Å². The van der Waals surface area contributed by atoms with Gasteiger partial charge in [-0.2, -0.15) is 5.26 Å². The van der Waals surface area contributed by atoms with E-state index >= 15 is 0 Å². The molecule has 4 fully saturated rings. The SMILES string of the molecule is CC[C@H]1OC(=O)[C@H](C)[C@@H](C2C[C@@](C)(OC)[C@@H](O)[C@H](C)O2)[C@H](C)[C@@H](O[C@@H]2O[C@H](C)C[C@H](N(C)CCc3cn(C[C@H]4CN(c5ccc(C#N)c(F)c5)C(=O)O4)nn3)[C@H]2O)[C@](C)(O)CCCN(C)[C@H](C)[C@@H](O)[C@]1(C)O. The lowest BCUT2D eigenvalue weighted by molar-refractivity contribution is -0.302. The van der Waals surface area contributed by atoms with Gasteiger partial charge in [0.1, 0.15) is 48.0 Å². The molecule has 1 unspecified atom stereocenters. The summed E-state index contributed by atoms with van der Waals surface area (Å²) in [6, 6.07) is 4.67. The number of ether oxygens (including phenoxy) is 6. The van der Waals surface area contributed by atoms with E-state index < -0.39 is 120 Å². The molecule has 2 aromatic rings. The molecule has 0 saturated carbocycles. The van der Waals surface area contributed by atoms with Crippen LogP contribution in [0, 0.1) is 34.9 Å². The number of cyclic esters (lactones) is 2. The molecule has 1 aromatic heterocycles. The van der Waals surface area contributed by atoms with Gasteiger partial charge in [-0.3, -0.25) is 9.69 Å². The largest absolute Gasteiger partial charge is 0.459 e. The zero-order valence-electron chi connectivity index (χ0n) is 44.1. The summed E-state index contributed by atoms with van der Waals surface area (Å²) in [6.45, 7) is 16.9. The number of likely N-dealkylation sites (N-methyl/N-ethyl adjacent to an activating group) is 2. The van der Waals surface area contributed by atoms with Gasteiger partial charge in [0.25, 0.3) is 0 Å². The van der Waals surface area contributed by atoms with E-state index in [0.717, 1.165) is 6.07 Å². The van der Waals surface area contributed by atoms with Gasteiger partial charge in [0.2, 0.25) is 0 Å². The Morgan fingerprint density at radius 1 is 1.04 bits per heavy atom. The van der Waals surface area contributed by atoms with Gasteiger partial charge < -0.3 is 63.8 Å². The normalized spacial score (nSPS) is 40.0. The Hall–Kier alpha value is -3.92. The number of halogens is 1. The van der Waals surface area contributed by atoms with Crippen LogP contribution in [0.15, 0.2) is 24.4 Å². The predicted molar refractivity (Wildman–Crippen MR) is 260 cm³/mol. The number of methoxy groups -OCH3 is 1. The van der Waals surface area contributed by atoms with Crippen molar-refractivity contribution in [1.82, 2.24) is 24.8 Å². The van der Waals surface area contributed by atoms with Crippen LogP contribution in [0.5, 0.6) is 0 Å². The van der Waals surface area contributed by atoms with Crippen LogP contribution in [-0.4, -0.2) is 193 Å². The Kier molecular flexibility index (Phi) is 18.6. The van der Waals surface area contributed by atoms with E-state index in [2.05, 4.69) is 10.3 Å².